The smallest absolute Gasteiger partial charge is 0.220 e. The lowest BCUT2D eigenvalue weighted by Gasteiger charge is -2.16. The van der Waals surface area contributed by atoms with E-state index in [2.05, 4.69) is 0 Å². The van der Waals surface area contributed by atoms with E-state index in [1.807, 2.05) is 0 Å². The van der Waals surface area contributed by atoms with Gasteiger partial charge in [-0.15, -0.1) is 11.8 Å². The molecule has 0 aliphatic rings. The molecule has 0 bridgehead atoms. The molecule has 2 aromatic carbocycles. The Bertz CT molecular complexity index is 649. The lowest BCUT2D eigenvalue weighted by atomic mass is 10.1. The monoisotopic (exact) mass is 326 g/mol. The summed E-state index contributed by atoms with van der Waals surface area (Å²) >= 11 is 7.14. The third kappa shape index (κ3) is 3.86. The summed E-state index contributed by atoms with van der Waals surface area (Å²) < 4.78 is 14.0. The summed E-state index contributed by atoms with van der Waals surface area (Å²) in [5, 5.41) is 10.3. The van der Waals surface area contributed by atoms with Crippen molar-refractivity contribution in [1.82, 2.24) is 0 Å². The van der Waals surface area contributed by atoms with Gasteiger partial charge in [0.1, 0.15) is 11.1 Å². The van der Waals surface area contributed by atoms with Gasteiger partial charge in [-0.2, -0.15) is 0 Å². The number of hydrogen-bond acceptors (Lipinski definition) is 4. The molecule has 0 radical (unpaired) electrons. The number of thioether (sulfide) groups is 1. The van der Waals surface area contributed by atoms with Gasteiger partial charge in [0.15, 0.2) is 0 Å². The van der Waals surface area contributed by atoms with E-state index in [-0.39, 0.29) is 10.6 Å². The minimum Gasteiger partial charge on any atom is -0.398 e. The van der Waals surface area contributed by atoms with Crippen LogP contribution in [0.4, 0.5) is 10.1 Å². The molecule has 2 aromatic rings. The van der Waals surface area contributed by atoms with Crippen molar-refractivity contribution in [3.63, 3.8) is 0 Å². The van der Waals surface area contributed by atoms with Gasteiger partial charge in [0.25, 0.3) is 0 Å². The maximum absolute atomic E-state index is 14.0. The minimum absolute atomic E-state index is 0.129. The first-order chi connectivity index (χ1) is 9.99. The molecule has 0 amide bonds. The number of nitro groups is 1. The standard InChI is InChI=1S/C14H12ClFN2O2S/c15-9-4-3-5-10(16)14(9)13(8-18(19)20)21-12-7-2-1-6-11(12)17/h1-7,13H,8,17H2. The molecule has 110 valence electrons. The topological polar surface area (TPSA) is 69.2 Å². The number of hydrogen-bond donors (Lipinski definition) is 1. The van der Waals surface area contributed by atoms with Crippen LogP contribution in [0, 0.1) is 15.9 Å². The quantitative estimate of drug-likeness (QED) is 0.387. The first-order valence-electron chi connectivity index (χ1n) is 6.06. The van der Waals surface area contributed by atoms with Crippen LogP contribution in [-0.2, 0) is 0 Å². The molecule has 0 heterocycles. The summed E-state index contributed by atoms with van der Waals surface area (Å²) in [6.07, 6.45) is 0. The highest BCUT2D eigenvalue weighted by atomic mass is 35.5. The minimum atomic E-state index is -0.751. The number of nitrogen functional groups attached to an aromatic ring is 1. The van der Waals surface area contributed by atoms with Crippen molar-refractivity contribution in [2.75, 3.05) is 12.3 Å². The van der Waals surface area contributed by atoms with Crippen LogP contribution in [-0.4, -0.2) is 11.5 Å². The molecule has 0 saturated carbocycles. The lowest BCUT2D eigenvalue weighted by Crippen LogP contribution is -2.12. The van der Waals surface area contributed by atoms with Gasteiger partial charge in [0.2, 0.25) is 6.54 Å². The zero-order chi connectivity index (χ0) is 15.4. The maximum atomic E-state index is 14.0. The Balaban J connectivity index is 2.40. The van der Waals surface area contributed by atoms with Gasteiger partial charge in [-0.3, -0.25) is 10.1 Å². The van der Waals surface area contributed by atoms with Gasteiger partial charge in [0, 0.05) is 26.1 Å². The van der Waals surface area contributed by atoms with Crippen molar-refractivity contribution in [2.24, 2.45) is 0 Å². The Kier molecular flexibility index (Phi) is 5.03. The summed E-state index contributed by atoms with van der Waals surface area (Å²) in [7, 11) is 0. The Morgan fingerprint density at radius 1 is 1.29 bits per heavy atom. The molecule has 0 fully saturated rings. The molecule has 4 nitrogen and oxygen atoms in total. The fraction of sp³-hybridized carbons (Fsp3) is 0.143. The molecule has 0 saturated heterocycles. The predicted octanol–water partition coefficient (Wildman–Crippen LogP) is 4.17. The summed E-state index contributed by atoms with van der Waals surface area (Å²) in [6.45, 7) is -0.445. The van der Waals surface area contributed by atoms with E-state index < -0.39 is 22.5 Å². The molecule has 0 aliphatic heterocycles. The predicted molar refractivity (Wildman–Crippen MR) is 82.7 cm³/mol. The second kappa shape index (κ2) is 6.78. The lowest BCUT2D eigenvalue weighted by molar-refractivity contribution is -0.479. The van der Waals surface area contributed by atoms with Gasteiger partial charge >= 0.3 is 0 Å². The van der Waals surface area contributed by atoms with Crippen LogP contribution in [0.25, 0.3) is 0 Å². The Labute approximate surface area is 130 Å². The van der Waals surface area contributed by atoms with Crippen molar-refractivity contribution in [3.8, 4) is 0 Å². The van der Waals surface area contributed by atoms with Crippen LogP contribution in [0.15, 0.2) is 47.4 Å². The van der Waals surface area contributed by atoms with E-state index in [1.54, 1.807) is 24.3 Å². The van der Waals surface area contributed by atoms with E-state index >= 15 is 0 Å². The van der Waals surface area contributed by atoms with E-state index in [0.717, 1.165) is 11.8 Å². The number of benzene rings is 2. The van der Waals surface area contributed by atoms with Crippen LogP contribution >= 0.6 is 23.4 Å². The fourth-order valence-corrected chi connectivity index (χ4v) is 3.46. The largest absolute Gasteiger partial charge is 0.398 e. The highest BCUT2D eigenvalue weighted by molar-refractivity contribution is 7.99. The van der Waals surface area contributed by atoms with Crippen molar-refractivity contribution in [2.45, 2.75) is 10.1 Å². The van der Waals surface area contributed by atoms with Gasteiger partial charge in [-0.25, -0.2) is 4.39 Å². The fourth-order valence-electron chi connectivity index (χ4n) is 1.88. The molecule has 1 atom stereocenters. The molecular formula is C14H12ClFN2O2S. The van der Waals surface area contributed by atoms with Crippen LogP contribution in [0.2, 0.25) is 5.02 Å². The number of para-hydroxylation sites is 1. The third-order valence-corrected chi connectivity index (χ3v) is 4.45. The number of rotatable bonds is 5. The average Bonchev–Trinajstić information content (AvgIpc) is 2.40. The summed E-state index contributed by atoms with van der Waals surface area (Å²) in [5.41, 5.74) is 6.45. The maximum Gasteiger partial charge on any atom is 0.220 e. The zero-order valence-electron chi connectivity index (χ0n) is 10.8. The third-order valence-electron chi connectivity index (χ3n) is 2.82. The van der Waals surface area contributed by atoms with E-state index in [0.29, 0.717) is 10.6 Å². The zero-order valence-corrected chi connectivity index (χ0v) is 12.4. The second-order valence-corrected chi connectivity index (χ2v) is 5.95. The first-order valence-corrected chi connectivity index (χ1v) is 7.31. The Morgan fingerprint density at radius 2 is 2.00 bits per heavy atom. The molecule has 2 N–H and O–H groups in total. The van der Waals surface area contributed by atoms with Gasteiger partial charge < -0.3 is 5.73 Å². The summed E-state index contributed by atoms with van der Waals surface area (Å²) in [4.78, 5) is 11.0. The average molecular weight is 327 g/mol. The summed E-state index contributed by atoms with van der Waals surface area (Å²) in [5.74, 6) is -0.559. The number of nitrogens with two attached hydrogens (primary N) is 1. The van der Waals surface area contributed by atoms with Gasteiger partial charge in [-0.05, 0) is 24.3 Å². The highest BCUT2D eigenvalue weighted by Gasteiger charge is 2.25. The van der Waals surface area contributed by atoms with E-state index in [4.69, 9.17) is 17.3 Å². The molecule has 2 rings (SSSR count). The van der Waals surface area contributed by atoms with Gasteiger partial charge in [0.05, 0.1) is 0 Å². The van der Waals surface area contributed by atoms with E-state index in [9.17, 15) is 14.5 Å². The molecule has 0 aliphatic carbocycles. The van der Waals surface area contributed by atoms with Crippen LogP contribution < -0.4 is 5.73 Å². The first kappa shape index (κ1) is 15.6. The Morgan fingerprint density at radius 3 is 2.62 bits per heavy atom. The van der Waals surface area contributed by atoms with Crippen LogP contribution in [0.3, 0.4) is 0 Å². The second-order valence-electron chi connectivity index (χ2n) is 4.29. The molecule has 0 spiro atoms. The Hall–Kier alpha value is -1.79. The van der Waals surface area contributed by atoms with Crippen molar-refractivity contribution in [1.29, 1.82) is 0 Å². The van der Waals surface area contributed by atoms with Crippen molar-refractivity contribution >= 4 is 29.1 Å². The number of halogens is 2. The van der Waals surface area contributed by atoms with Crippen molar-refractivity contribution < 1.29 is 9.31 Å². The normalized spacial score (nSPS) is 12.1. The SMILES string of the molecule is Nc1ccccc1SC(C[N+](=O)[O-])c1c(F)cccc1Cl. The highest BCUT2D eigenvalue weighted by Crippen LogP contribution is 2.41. The summed E-state index contributed by atoms with van der Waals surface area (Å²) in [6, 6.07) is 11.2. The number of anilines is 1. The molecular weight excluding hydrogens is 315 g/mol. The number of nitrogens with zero attached hydrogens (tertiary/aromatic N) is 1. The van der Waals surface area contributed by atoms with E-state index in [1.165, 1.54) is 18.2 Å². The van der Waals surface area contributed by atoms with Gasteiger partial charge in [-0.1, -0.05) is 29.8 Å². The van der Waals surface area contributed by atoms with Crippen LogP contribution in [0.1, 0.15) is 10.8 Å². The van der Waals surface area contributed by atoms with Crippen LogP contribution in [0.5, 0.6) is 0 Å². The molecule has 7 heteroatoms. The molecule has 0 aromatic heterocycles. The molecule has 21 heavy (non-hydrogen) atoms. The van der Waals surface area contributed by atoms with Crippen molar-refractivity contribution in [3.05, 3.63) is 69.0 Å². The molecule has 1 unspecified atom stereocenters.